The second-order valence-corrected chi connectivity index (χ2v) is 6.13. The van der Waals surface area contributed by atoms with Gasteiger partial charge in [0.2, 0.25) is 5.88 Å². The van der Waals surface area contributed by atoms with Gasteiger partial charge in [0.15, 0.2) is 0 Å². The molecule has 1 aliphatic rings. The first kappa shape index (κ1) is 13.8. The maximum absolute atomic E-state index is 5.97. The van der Waals surface area contributed by atoms with Gasteiger partial charge in [0, 0.05) is 5.46 Å². The van der Waals surface area contributed by atoms with E-state index in [9.17, 15) is 0 Å². The highest BCUT2D eigenvalue weighted by Crippen LogP contribution is 2.37. The van der Waals surface area contributed by atoms with Crippen LogP contribution in [0.2, 0.25) is 0 Å². The summed E-state index contributed by atoms with van der Waals surface area (Å²) < 4.78 is 17.9. The molecular weight excluding hydrogens is 297 g/mol. The van der Waals surface area contributed by atoms with Crippen LogP contribution in [0.3, 0.4) is 0 Å². The second-order valence-electron chi connectivity index (χ2n) is 5.32. The molecule has 18 heavy (non-hydrogen) atoms. The number of hydrogen-bond donors (Lipinski definition) is 0. The predicted octanol–water partition coefficient (Wildman–Crippen LogP) is 2.15. The molecule has 0 atom stereocenters. The van der Waals surface area contributed by atoms with Gasteiger partial charge in [0.1, 0.15) is 4.60 Å². The number of nitrogens with zero attached hydrogens (tertiary/aromatic N) is 1. The molecule has 2 heterocycles. The van der Waals surface area contributed by atoms with Crippen molar-refractivity contribution in [1.29, 1.82) is 0 Å². The summed E-state index contributed by atoms with van der Waals surface area (Å²) in [5.41, 5.74) is 0.0743. The Morgan fingerprint density at radius 3 is 2.22 bits per heavy atom. The lowest BCUT2D eigenvalue weighted by Gasteiger charge is -2.32. The van der Waals surface area contributed by atoms with E-state index in [1.165, 1.54) is 0 Å². The number of methoxy groups -OCH3 is 1. The molecule has 0 radical (unpaired) electrons. The highest BCUT2D eigenvalue weighted by molar-refractivity contribution is 9.10. The van der Waals surface area contributed by atoms with E-state index in [4.69, 9.17) is 14.0 Å². The van der Waals surface area contributed by atoms with Crippen molar-refractivity contribution in [3.63, 3.8) is 0 Å². The summed E-state index contributed by atoms with van der Waals surface area (Å²) in [6, 6.07) is 3.75. The topological polar surface area (TPSA) is 40.6 Å². The Morgan fingerprint density at radius 1 is 1.17 bits per heavy atom. The van der Waals surface area contributed by atoms with Crippen molar-refractivity contribution in [3.8, 4) is 5.88 Å². The van der Waals surface area contributed by atoms with E-state index in [2.05, 4.69) is 20.9 Å². The van der Waals surface area contributed by atoms with Gasteiger partial charge in [-0.15, -0.1) is 0 Å². The van der Waals surface area contributed by atoms with E-state index in [-0.39, 0.29) is 11.2 Å². The lowest BCUT2D eigenvalue weighted by atomic mass is 9.80. The Hall–Kier alpha value is -0.585. The minimum absolute atomic E-state index is 0.365. The molecule has 1 aromatic heterocycles. The van der Waals surface area contributed by atoms with Gasteiger partial charge in [-0.05, 0) is 49.7 Å². The van der Waals surface area contributed by atoms with E-state index in [0.717, 1.165) is 10.1 Å². The fraction of sp³-hybridized carbons (Fsp3) is 0.583. The molecule has 0 saturated carbocycles. The molecule has 0 unspecified atom stereocenters. The summed E-state index contributed by atoms with van der Waals surface area (Å²) in [6.45, 7) is 8.08. The van der Waals surface area contributed by atoms with Crippen LogP contribution in [0.1, 0.15) is 27.7 Å². The molecule has 0 bridgehead atoms. The summed E-state index contributed by atoms with van der Waals surface area (Å²) in [7, 11) is 1.13. The quantitative estimate of drug-likeness (QED) is 0.619. The molecule has 0 spiro atoms. The first-order chi connectivity index (χ1) is 8.27. The normalized spacial score (nSPS) is 21.1. The second kappa shape index (κ2) is 4.51. The van der Waals surface area contributed by atoms with E-state index >= 15 is 0 Å². The van der Waals surface area contributed by atoms with Crippen LogP contribution in [-0.4, -0.2) is 30.4 Å². The third kappa shape index (κ3) is 2.29. The Labute approximate surface area is 116 Å². The minimum Gasteiger partial charge on any atom is -0.481 e. The van der Waals surface area contributed by atoms with Crippen LogP contribution < -0.4 is 10.2 Å². The van der Waals surface area contributed by atoms with Gasteiger partial charge in [-0.25, -0.2) is 4.98 Å². The van der Waals surface area contributed by atoms with Gasteiger partial charge in [-0.1, -0.05) is 6.07 Å². The molecule has 6 heteroatoms. The van der Waals surface area contributed by atoms with Crippen molar-refractivity contribution < 1.29 is 14.0 Å². The van der Waals surface area contributed by atoms with Crippen molar-refractivity contribution in [2.24, 2.45) is 0 Å². The monoisotopic (exact) mass is 313 g/mol. The van der Waals surface area contributed by atoms with Crippen LogP contribution >= 0.6 is 15.9 Å². The molecule has 1 fully saturated rings. The Morgan fingerprint density at radius 2 is 1.72 bits per heavy atom. The number of aromatic nitrogens is 1. The molecule has 0 amide bonds. The minimum atomic E-state index is -0.453. The smallest absolute Gasteiger partial charge is 0.481 e. The maximum atomic E-state index is 5.97. The van der Waals surface area contributed by atoms with E-state index in [0.29, 0.717) is 5.88 Å². The Kier molecular flexibility index (Phi) is 3.47. The number of rotatable bonds is 2. The highest BCUT2D eigenvalue weighted by Gasteiger charge is 2.52. The van der Waals surface area contributed by atoms with Gasteiger partial charge in [-0.2, -0.15) is 0 Å². The Balaban J connectivity index is 2.35. The molecule has 1 aromatic rings. The number of pyridine rings is 1. The molecule has 4 nitrogen and oxygen atoms in total. The van der Waals surface area contributed by atoms with Gasteiger partial charge in [0.25, 0.3) is 0 Å². The fourth-order valence-electron chi connectivity index (χ4n) is 1.74. The molecule has 2 rings (SSSR count). The van der Waals surface area contributed by atoms with E-state index in [1.807, 2.05) is 39.8 Å². The zero-order chi connectivity index (χ0) is 13.6. The van der Waals surface area contributed by atoms with Crippen molar-refractivity contribution in [2.75, 3.05) is 7.11 Å². The van der Waals surface area contributed by atoms with Crippen LogP contribution in [0.4, 0.5) is 0 Å². The van der Waals surface area contributed by atoms with Crippen LogP contribution in [0.5, 0.6) is 5.88 Å². The molecule has 98 valence electrons. The van der Waals surface area contributed by atoms with Crippen molar-refractivity contribution in [1.82, 2.24) is 4.98 Å². The number of ether oxygens (including phenoxy) is 1. The van der Waals surface area contributed by atoms with Crippen LogP contribution in [0.15, 0.2) is 16.7 Å². The van der Waals surface area contributed by atoms with Crippen molar-refractivity contribution in [3.05, 3.63) is 16.7 Å². The van der Waals surface area contributed by atoms with Crippen LogP contribution in [0.25, 0.3) is 0 Å². The number of halogens is 1. The zero-order valence-corrected chi connectivity index (χ0v) is 12.9. The van der Waals surface area contributed by atoms with Gasteiger partial charge >= 0.3 is 7.12 Å². The summed E-state index contributed by atoms with van der Waals surface area (Å²) >= 11 is 3.32. The van der Waals surface area contributed by atoms with Crippen LogP contribution in [0, 0.1) is 0 Å². The molecule has 1 aliphatic heterocycles. The largest absolute Gasteiger partial charge is 0.500 e. The summed E-state index contributed by atoms with van der Waals surface area (Å²) in [6.07, 6.45) is 0. The third-order valence-electron chi connectivity index (χ3n) is 3.56. The summed E-state index contributed by atoms with van der Waals surface area (Å²) in [5, 5.41) is 0. The summed E-state index contributed by atoms with van der Waals surface area (Å²) in [4.78, 5) is 4.27. The molecular formula is C12H17BBrNO3. The molecule has 0 N–H and O–H groups in total. The summed E-state index contributed by atoms with van der Waals surface area (Å²) in [5.74, 6) is 0.517. The zero-order valence-electron chi connectivity index (χ0n) is 11.3. The van der Waals surface area contributed by atoms with Crippen LogP contribution in [-0.2, 0) is 9.31 Å². The molecule has 0 aliphatic carbocycles. The van der Waals surface area contributed by atoms with Crippen molar-refractivity contribution >= 4 is 28.5 Å². The predicted molar refractivity (Wildman–Crippen MR) is 74.2 cm³/mol. The van der Waals surface area contributed by atoms with Gasteiger partial charge in [-0.3, -0.25) is 0 Å². The third-order valence-corrected chi connectivity index (χ3v) is 4.00. The lowest BCUT2D eigenvalue weighted by Crippen LogP contribution is -2.41. The van der Waals surface area contributed by atoms with Gasteiger partial charge < -0.3 is 14.0 Å². The Bertz CT molecular complexity index is 449. The highest BCUT2D eigenvalue weighted by atomic mass is 79.9. The number of hydrogen-bond acceptors (Lipinski definition) is 4. The SMILES string of the molecule is COc1nc(Br)ccc1B1OC(C)(C)C(C)(C)O1. The lowest BCUT2D eigenvalue weighted by molar-refractivity contribution is 0.00578. The standard InChI is InChI=1S/C12H17BBrNO3/c1-11(2)12(3,4)18-13(17-11)8-6-7-9(14)15-10(8)16-5/h6-7H,1-5H3. The fourth-order valence-corrected chi connectivity index (χ4v) is 2.03. The molecule has 1 saturated heterocycles. The first-order valence-electron chi connectivity index (χ1n) is 5.83. The first-order valence-corrected chi connectivity index (χ1v) is 6.62. The average Bonchev–Trinajstić information content (AvgIpc) is 2.47. The van der Waals surface area contributed by atoms with E-state index < -0.39 is 7.12 Å². The average molecular weight is 314 g/mol. The van der Waals surface area contributed by atoms with Crippen molar-refractivity contribution in [2.45, 2.75) is 38.9 Å². The maximum Gasteiger partial charge on any atom is 0.500 e. The van der Waals surface area contributed by atoms with E-state index in [1.54, 1.807) is 7.11 Å². The van der Waals surface area contributed by atoms with Gasteiger partial charge in [0.05, 0.1) is 18.3 Å². The molecule has 0 aromatic carbocycles.